The average Bonchev–Trinajstić information content (AvgIpc) is 3.05. The smallest absolute Gasteiger partial charge is 0.262 e. The van der Waals surface area contributed by atoms with Crippen molar-refractivity contribution >= 4 is 37.4 Å². The largest absolute Gasteiger partial charge is 0.280 e. The molecule has 0 fully saturated rings. The van der Waals surface area contributed by atoms with Crippen molar-refractivity contribution in [1.29, 1.82) is 0 Å². The molecule has 28 heavy (non-hydrogen) atoms. The second-order valence-electron chi connectivity index (χ2n) is 6.76. The first-order valence-electron chi connectivity index (χ1n) is 8.76. The Morgan fingerprint density at radius 2 is 1.64 bits per heavy atom. The van der Waals surface area contributed by atoms with Crippen molar-refractivity contribution in [2.24, 2.45) is 0 Å². The van der Waals surface area contributed by atoms with Crippen LogP contribution in [0.1, 0.15) is 16.7 Å². The van der Waals surface area contributed by atoms with Gasteiger partial charge in [-0.1, -0.05) is 29.0 Å². The quantitative estimate of drug-likeness (QED) is 0.510. The molecule has 2 heterocycles. The summed E-state index contributed by atoms with van der Waals surface area (Å²) in [5, 5.41) is 0.855. The van der Waals surface area contributed by atoms with Crippen molar-refractivity contribution in [2.45, 2.75) is 25.7 Å². The number of aryl methyl sites for hydroxylation is 3. The van der Waals surface area contributed by atoms with E-state index in [9.17, 15) is 8.42 Å². The number of fused-ring (bicyclic) bond motifs is 1. The van der Waals surface area contributed by atoms with Crippen LogP contribution in [0, 0.1) is 20.8 Å². The summed E-state index contributed by atoms with van der Waals surface area (Å²) in [6.45, 7) is 5.60. The van der Waals surface area contributed by atoms with Gasteiger partial charge < -0.3 is 0 Å². The minimum Gasteiger partial charge on any atom is -0.280 e. The highest BCUT2D eigenvalue weighted by Gasteiger charge is 2.20. The molecule has 0 spiro atoms. The molecular formula is C21H19N3O2S2. The molecule has 0 saturated heterocycles. The first kappa shape index (κ1) is 18.6. The van der Waals surface area contributed by atoms with Gasteiger partial charge in [-0.25, -0.2) is 18.4 Å². The van der Waals surface area contributed by atoms with Gasteiger partial charge in [-0.15, -0.1) is 0 Å². The Hall–Kier alpha value is -2.77. The van der Waals surface area contributed by atoms with E-state index in [4.69, 9.17) is 0 Å². The Bertz CT molecular complexity index is 1220. The first-order chi connectivity index (χ1) is 13.3. The summed E-state index contributed by atoms with van der Waals surface area (Å²) in [6, 6.07) is 14.8. The highest BCUT2D eigenvalue weighted by atomic mass is 32.2. The maximum atomic E-state index is 12.9. The molecule has 5 nitrogen and oxygen atoms in total. The Kier molecular flexibility index (Phi) is 4.64. The van der Waals surface area contributed by atoms with Crippen LogP contribution >= 0.6 is 11.3 Å². The van der Waals surface area contributed by atoms with E-state index < -0.39 is 10.0 Å². The highest BCUT2D eigenvalue weighted by molar-refractivity contribution is 7.92. The second kappa shape index (κ2) is 7.00. The lowest BCUT2D eigenvalue weighted by atomic mass is 10.1. The van der Waals surface area contributed by atoms with E-state index >= 15 is 0 Å². The molecule has 0 atom stereocenters. The number of nitrogens with one attached hydrogen (secondary N) is 1. The summed E-state index contributed by atoms with van der Waals surface area (Å²) in [7, 11) is -3.66. The van der Waals surface area contributed by atoms with Crippen LogP contribution in [0.25, 0.3) is 20.9 Å². The number of thiazole rings is 1. The summed E-state index contributed by atoms with van der Waals surface area (Å²) in [5.74, 6) is 0. The van der Waals surface area contributed by atoms with Gasteiger partial charge in [0.2, 0.25) is 0 Å². The maximum absolute atomic E-state index is 12.9. The molecule has 4 aromatic rings. The van der Waals surface area contributed by atoms with Crippen molar-refractivity contribution in [2.75, 3.05) is 4.72 Å². The molecule has 7 heteroatoms. The van der Waals surface area contributed by atoms with Crippen molar-refractivity contribution in [3.05, 3.63) is 71.4 Å². The van der Waals surface area contributed by atoms with Crippen molar-refractivity contribution in [1.82, 2.24) is 9.97 Å². The van der Waals surface area contributed by atoms with Gasteiger partial charge in [0.05, 0.1) is 4.90 Å². The summed E-state index contributed by atoms with van der Waals surface area (Å²) in [5.41, 5.74) is 4.82. The minimum absolute atomic E-state index is 0.333. The predicted molar refractivity (Wildman–Crippen MR) is 114 cm³/mol. The van der Waals surface area contributed by atoms with E-state index in [0.29, 0.717) is 10.6 Å². The number of sulfonamides is 1. The number of anilines is 1. The molecule has 4 rings (SSSR count). The zero-order valence-corrected chi connectivity index (χ0v) is 17.4. The zero-order valence-electron chi connectivity index (χ0n) is 15.7. The van der Waals surface area contributed by atoms with Crippen LogP contribution in [-0.4, -0.2) is 18.4 Å². The van der Waals surface area contributed by atoms with Crippen LogP contribution < -0.4 is 4.72 Å². The van der Waals surface area contributed by atoms with Gasteiger partial charge in [0.25, 0.3) is 10.0 Å². The van der Waals surface area contributed by atoms with E-state index in [1.807, 2.05) is 57.2 Å². The molecule has 0 bridgehead atoms. The standard InChI is InChI=1S/C21H19N3O2S2/c1-13-11-14(2)19(15(3)12-13)28(25,26)24-17-8-6-16(7-9-17)20-23-18-5-4-10-22-21(18)27-20/h4-12,24H,1-3H3. The van der Waals surface area contributed by atoms with E-state index in [1.54, 1.807) is 18.3 Å². The Morgan fingerprint density at radius 1 is 0.964 bits per heavy atom. The fraction of sp³-hybridized carbons (Fsp3) is 0.143. The molecule has 1 N–H and O–H groups in total. The number of hydrogen-bond donors (Lipinski definition) is 1. The molecule has 0 aliphatic carbocycles. The Morgan fingerprint density at radius 3 is 2.29 bits per heavy atom. The van der Waals surface area contributed by atoms with Gasteiger partial charge >= 0.3 is 0 Å². The molecule has 2 aromatic carbocycles. The maximum Gasteiger partial charge on any atom is 0.262 e. The highest BCUT2D eigenvalue weighted by Crippen LogP contribution is 2.30. The van der Waals surface area contributed by atoms with E-state index in [-0.39, 0.29) is 0 Å². The lowest BCUT2D eigenvalue weighted by Gasteiger charge is -2.14. The summed E-state index contributed by atoms with van der Waals surface area (Å²) in [4.78, 5) is 10.1. The fourth-order valence-corrected chi connectivity index (χ4v) is 5.80. The fourth-order valence-electron chi connectivity index (χ4n) is 3.37. The summed E-state index contributed by atoms with van der Waals surface area (Å²) < 4.78 is 28.5. The van der Waals surface area contributed by atoms with Gasteiger partial charge in [-0.05, 0) is 68.3 Å². The molecule has 2 aromatic heterocycles. The summed E-state index contributed by atoms with van der Waals surface area (Å²) >= 11 is 1.51. The van der Waals surface area contributed by atoms with Crippen molar-refractivity contribution < 1.29 is 8.42 Å². The SMILES string of the molecule is Cc1cc(C)c(S(=O)(=O)Nc2ccc(-c3nc4cccnc4s3)cc2)c(C)c1. The minimum atomic E-state index is -3.66. The van der Waals surface area contributed by atoms with Crippen LogP contribution in [0.3, 0.4) is 0 Å². The predicted octanol–water partition coefficient (Wildman–Crippen LogP) is 5.08. The Balaban J connectivity index is 1.62. The van der Waals surface area contributed by atoms with Gasteiger partial charge in [-0.2, -0.15) is 0 Å². The van der Waals surface area contributed by atoms with Crippen LogP contribution in [-0.2, 0) is 10.0 Å². The van der Waals surface area contributed by atoms with E-state index in [1.165, 1.54) is 11.3 Å². The van der Waals surface area contributed by atoms with Crippen LogP contribution in [0.4, 0.5) is 5.69 Å². The number of aromatic nitrogens is 2. The van der Waals surface area contributed by atoms with Crippen molar-refractivity contribution in [3.63, 3.8) is 0 Å². The molecular weight excluding hydrogens is 390 g/mol. The zero-order chi connectivity index (χ0) is 19.9. The molecule has 0 unspecified atom stereocenters. The molecule has 0 aliphatic heterocycles. The first-order valence-corrected chi connectivity index (χ1v) is 11.1. The molecule has 0 aliphatic rings. The molecule has 0 saturated carbocycles. The van der Waals surface area contributed by atoms with Crippen LogP contribution in [0.2, 0.25) is 0 Å². The molecule has 0 amide bonds. The van der Waals surface area contributed by atoms with Crippen LogP contribution in [0.5, 0.6) is 0 Å². The molecule has 0 radical (unpaired) electrons. The normalized spacial score (nSPS) is 11.7. The van der Waals surface area contributed by atoms with E-state index in [0.717, 1.165) is 37.6 Å². The van der Waals surface area contributed by atoms with Gasteiger partial charge in [0, 0.05) is 17.4 Å². The number of pyridine rings is 1. The van der Waals surface area contributed by atoms with E-state index in [2.05, 4.69) is 14.7 Å². The monoisotopic (exact) mass is 409 g/mol. The van der Waals surface area contributed by atoms with Gasteiger partial charge in [0.15, 0.2) is 0 Å². The van der Waals surface area contributed by atoms with Gasteiger partial charge in [-0.3, -0.25) is 4.72 Å². The average molecular weight is 410 g/mol. The number of rotatable bonds is 4. The van der Waals surface area contributed by atoms with Crippen molar-refractivity contribution in [3.8, 4) is 10.6 Å². The lowest BCUT2D eigenvalue weighted by Crippen LogP contribution is -2.15. The number of benzene rings is 2. The summed E-state index contributed by atoms with van der Waals surface area (Å²) in [6.07, 6.45) is 1.75. The third kappa shape index (κ3) is 3.50. The molecule has 142 valence electrons. The number of nitrogens with zero attached hydrogens (tertiary/aromatic N) is 2. The third-order valence-electron chi connectivity index (χ3n) is 4.42. The second-order valence-corrected chi connectivity index (χ2v) is 9.35. The lowest BCUT2D eigenvalue weighted by molar-refractivity contribution is 0.600. The van der Waals surface area contributed by atoms with Gasteiger partial charge in [0.1, 0.15) is 15.4 Å². The van der Waals surface area contributed by atoms with Crippen LogP contribution in [0.15, 0.2) is 59.6 Å². The third-order valence-corrected chi connectivity index (χ3v) is 7.14. The number of hydrogen-bond acceptors (Lipinski definition) is 5. The Labute approximate surface area is 168 Å². The topological polar surface area (TPSA) is 72.0 Å².